The Morgan fingerprint density at radius 3 is 2.17 bits per heavy atom. The van der Waals surface area contributed by atoms with Gasteiger partial charge in [-0.05, 0) is 24.7 Å². The van der Waals surface area contributed by atoms with Crippen LogP contribution in [0.5, 0.6) is 0 Å². The van der Waals surface area contributed by atoms with Gasteiger partial charge in [-0.2, -0.15) is 0 Å². The molecule has 0 spiro atoms. The van der Waals surface area contributed by atoms with E-state index in [-0.39, 0.29) is 0 Å². The van der Waals surface area contributed by atoms with Crippen LogP contribution in [-0.4, -0.2) is 20.8 Å². The maximum Gasteiger partial charge on any atom is 0.0621 e. The highest BCUT2D eigenvalue weighted by Crippen LogP contribution is 2.24. The van der Waals surface area contributed by atoms with Crippen molar-refractivity contribution in [2.45, 2.75) is 77.1 Å². The van der Waals surface area contributed by atoms with Crippen LogP contribution in [0.4, 0.5) is 0 Å². The smallest absolute Gasteiger partial charge is 0.0621 e. The Balaban J connectivity index is 3.79. The van der Waals surface area contributed by atoms with Gasteiger partial charge in [0.2, 0.25) is 0 Å². The maximum absolute atomic E-state index is 4.61. The fourth-order valence-corrected chi connectivity index (χ4v) is 5.32. The molecule has 0 aliphatic rings. The zero-order valence-corrected chi connectivity index (χ0v) is 13.9. The molecule has 0 heterocycles. The van der Waals surface area contributed by atoms with E-state index >= 15 is 0 Å². The highest BCUT2D eigenvalue weighted by Gasteiger charge is 2.25. The summed E-state index contributed by atoms with van der Waals surface area (Å²) in [4.78, 5) is 4.61. The number of aliphatic imine (C=N–C) groups is 1. The Hall–Kier alpha value is -0.373. The summed E-state index contributed by atoms with van der Waals surface area (Å²) in [5, 5.41) is 0. The molecule has 0 amide bonds. The summed E-state index contributed by atoms with van der Waals surface area (Å²) < 4.78 is 0. The molecule has 0 radical (unpaired) electrons. The molecule has 0 bridgehead atoms. The molecule has 0 aliphatic carbocycles. The molecule has 0 aliphatic heterocycles. The van der Waals surface area contributed by atoms with Crippen LogP contribution < -0.4 is 0 Å². The van der Waals surface area contributed by atoms with Crippen molar-refractivity contribution in [1.82, 2.24) is 0 Å². The first kappa shape index (κ1) is 17.6. The monoisotopic (exact) mass is 267 g/mol. The molecule has 0 unspecified atom stereocenters. The summed E-state index contributed by atoms with van der Waals surface area (Å²) in [6, 6.07) is 5.22. The van der Waals surface area contributed by atoms with Crippen LogP contribution >= 0.6 is 0 Å². The number of rotatable bonds is 12. The van der Waals surface area contributed by atoms with Crippen molar-refractivity contribution >= 4 is 14.3 Å². The van der Waals surface area contributed by atoms with Gasteiger partial charge in [-0.25, -0.2) is 0 Å². The van der Waals surface area contributed by atoms with Crippen molar-refractivity contribution in [3.63, 3.8) is 0 Å². The van der Waals surface area contributed by atoms with Gasteiger partial charge in [0, 0.05) is 6.54 Å². The van der Waals surface area contributed by atoms with Crippen LogP contribution in [0.25, 0.3) is 0 Å². The first-order valence-corrected chi connectivity index (χ1v) is 10.7. The lowest BCUT2D eigenvalue weighted by atomic mass is 10.2. The molecule has 0 saturated carbocycles. The quantitative estimate of drug-likeness (QED) is 0.186. The minimum atomic E-state index is -1.09. The van der Waals surface area contributed by atoms with Gasteiger partial charge < -0.3 is 0 Å². The molecule has 0 N–H and O–H groups in total. The molecule has 0 aromatic rings. The van der Waals surface area contributed by atoms with Gasteiger partial charge in [0.05, 0.1) is 8.07 Å². The second kappa shape index (κ2) is 11.7. The van der Waals surface area contributed by atoms with Gasteiger partial charge in [-0.1, -0.05) is 64.6 Å². The Morgan fingerprint density at radius 2 is 1.61 bits per heavy atom. The molecular formula is C16H33NSi. The second-order valence-electron chi connectivity index (χ2n) is 5.41. The van der Waals surface area contributed by atoms with E-state index in [0.717, 1.165) is 6.54 Å². The normalized spacial score (nSPS) is 12.2. The number of nitrogens with zero attached hydrogens (tertiary/aromatic N) is 1. The number of allylic oxidation sites excluding steroid dienone is 1. The molecule has 1 nitrogen and oxygen atoms in total. The predicted molar refractivity (Wildman–Crippen MR) is 88.6 cm³/mol. The fraction of sp³-hybridized carbons (Fsp3) is 0.812. The van der Waals surface area contributed by atoms with E-state index in [9.17, 15) is 0 Å². The minimum Gasteiger partial charge on any atom is -0.298 e. The van der Waals surface area contributed by atoms with Gasteiger partial charge >= 0.3 is 0 Å². The van der Waals surface area contributed by atoms with Crippen molar-refractivity contribution in [2.24, 2.45) is 4.99 Å². The van der Waals surface area contributed by atoms with Gasteiger partial charge in [-0.15, -0.1) is 6.58 Å². The highest BCUT2D eigenvalue weighted by molar-refractivity contribution is 6.82. The highest BCUT2D eigenvalue weighted by atomic mass is 28.3. The van der Waals surface area contributed by atoms with Crippen molar-refractivity contribution in [3.8, 4) is 0 Å². The van der Waals surface area contributed by atoms with E-state index in [1.807, 2.05) is 0 Å². The van der Waals surface area contributed by atoms with Crippen LogP contribution in [0.2, 0.25) is 24.2 Å². The molecule has 106 valence electrons. The van der Waals surface area contributed by atoms with E-state index in [1.165, 1.54) is 56.3 Å². The average Bonchev–Trinajstić information content (AvgIpc) is 2.40. The zero-order chi connectivity index (χ0) is 13.7. The maximum atomic E-state index is 4.61. The molecule has 0 aromatic heterocycles. The lowest BCUT2D eigenvalue weighted by molar-refractivity contribution is 0.639. The van der Waals surface area contributed by atoms with Crippen LogP contribution in [0.3, 0.4) is 0 Å². The zero-order valence-electron chi connectivity index (χ0n) is 12.9. The molecule has 0 rings (SSSR count). The third-order valence-corrected chi connectivity index (χ3v) is 9.32. The summed E-state index contributed by atoms with van der Waals surface area (Å²) in [5.41, 5.74) is 0. The summed E-state index contributed by atoms with van der Waals surface area (Å²) >= 11 is 0. The van der Waals surface area contributed by atoms with Crippen LogP contribution in [0, 0.1) is 0 Å². The third kappa shape index (κ3) is 7.86. The Kier molecular flexibility index (Phi) is 11.5. The summed E-state index contributed by atoms with van der Waals surface area (Å²) in [7, 11) is -1.09. The number of unbranched alkanes of at least 4 members (excludes halogenated alkanes) is 4. The number of hydrogen-bond donors (Lipinski definition) is 0. The summed E-state index contributed by atoms with van der Waals surface area (Å²) in [5.74, 6) is 0. The minimum absolute atomic E-state index is 1.04. The lowest BCUT2D eigenvalue weighted by Gasteiger charge is -2.26. The van der Waals surface area contributed by atoms with Crippen molar-refractivity contribution in [3.05, 3.63) is 12.7 Å². The number of hydrogen-bond acceptors (Lipinski definition) is 1. The fourth-order valence-electron chi connectivity index (χ4n) is 2.37. The van der Waals surface area contributed by atoms with Gasteiger partial charge in [0.25, 0.3) is 0 Å². The Labute approximate surface area is 116 Å². The molecule has 2 heteroatoms. The van der Waals surface area contributed by atoms with E-state index in [2.05, 4.69) is 44.6 Å². The molecule has 0 fully saturated rings. The molecule has 18 heavy (non-hydrogen) atoms. The van der Waals surface area contributed by atoms with Gasteiger partial charge in [0.15, 0.2) is 0 Å². The van der Waals surface area contributed by atoms with Gasteiger partial charge in [-0.3, -0.25) is 4.99 Å². The predicted octanol–water partition coefficient (Wildman–Crippen LogP) is 5.70. The summed E-state index contributed by atoms with van der Waals surface area (Å²) in [6.07, 6.45) is 11.1. The molecule has 0 atom stereocenters. The largest absolute Gasteiger partial charge is 0.298 e. The van der Waals surface area contributed by atoms with Gasteiger partial charge in [0.1, 0.15) is 0 Å². The van der Waals surface area contributed by atoms with Crippen molar-refractivity contribution in [1.29, 1.82) is 0 Å². The van der Waals surface area contributed by atoms with Crippen molar-refractivity contribution < 1.29 is 0 Å². The first-order chi connectivity index (χ1) is 8.74. The molecule has 0 saturated heterocycles. The first-order valence-electron chi connectivity index (χ1n) is 7.83. The van der Waals surface area contributed by atoms with Crippen molar-refractivity contribution in [2.75, 3.05) is 6.54 Å². The third-order valence-electron chi connectivity index (χ3n) is 4.12. The summed E-state index contributed by atoms with van der Waals surface area (Å²) in [6.45, 7) is 11.9. The van der Waals surface area contributed by atoms with Crippen LogP contribution in [0.15, 0.2) is 17.6 Å². The van der Waals surface area contributed by atoms with E-state index in [1.54, 1.807) is 0 Å². The lowest BCUT2D eigenvalue weighted by Crippen LogP contribution is -2.31. The molecule has 0 aromatic carbocycles. The Bertz CT molecular complexity index is 219. The van der Waals surface area contributed by atoms with E-state index in [0.29, 0.717) is 0 Å². The average molecular weight is 268 g/mol. The van der Waals surface area contributed by atoms with E-state index < -0.39 is 8.07 Å². The second-order valence-corrected chi connectivity index (χ2v) is 10.6. The SMILES string of the molecule is C=CC[Si](CC)(CC)CC=NCCCCCCC. The molecular weight excluding hydrogens is 234 g/mol. The topological polar surface area (TPSA) is 12.4 Å². The van der Waals surface area contributed by atoms with Crippen LogP contribution in [-0.2, 0) is 0 Å². The van der Waals surface area contributed by atoms with E-state index in [4.69, 9.17) is 0 Å². The van der Waals surface area contributed by atoms with Crippen LogP contribution in [0.1, 0.15) is 52.9 Å². The standard InChI is InChI=1S/C16H33NSi/c1-5-9-10-11-12-13-17-14-16-18(7-3,8-4)15-6-2/h6,14H,2,5,7-13,15-16H2,1,3-4H3. The Morgan fingerprint density at radius 1 is 0.944 bits per heavy atom.